The average Bonchev–Trinajstić information content (AvgIpc) is 2.75. The highest BCUT2D eigenvalue weighted by Gasteiger charge is 2.27. The van der Waals surface area contributed by atoms with Gasteiger partial charge in [-0.3, -0.25) is 0 Å². The van der Waals surface area contributed by atoms with E-state index >= 15 is 0 Å². The molecule has 0 aromatic heterocycles. The molecular weight excluding hydrogens is 270 g/mol. The molecule has 0 saturated carbocycles. The van der Waals surface area contributed by atoms with Crippen molar-refractivity contribution in [3.8, 4) is 0 Å². The number of hydrogen-bond acceptors (Lipinski definition) is 4. The van der Waals surface area contributed by atoms with Crippen LogP contribution in [0.3, 0.4) is 0 Å². The van der Waals surface area contributed by atoms with Crippen LogP contribution in [0.5, 0.6) is 0 Å². The van der Waals surface area contributed by atoms with Crippen molar-refractivity contribution in [2.75, 3.05) is 24.6 Å². The Balaban J connectivity index is 1.81. The molecule has 1 saturated heterocycles. The lowest BCUT2D eigenvalue weighted by molar-refractivity contribution is 0.158. The van der Waals surface area contributed by atoms with Crippen LogP contribution in [0.25, 0.3) is 0 Å². The number of aliphatic hydroxyl groups excluding tert-OH is 1. The highest BCUT2D eigenvalue weighted by molar-refractivity contribution is 7.99. The molecule has 3 N–H and O–H groups in total. The molecule has 1 aliphatic carbocycles. The van der Waals surface area contributed by atoms with Crippen LogP contribution in [0.2, 0.25) is 0 Å². The van der Waals surface area contributed by atoms with E-state index in [0.29, 0.717) is 6.42 Å². The van der Waals surface area contributed by atoms with Crippen LogP contribution in [-0.4, -0.2) is 46.5 Å². The van der Waals surface area contributed by atoms with Crippen LogP contribution in [-0.2, 0) is 6.42 Å². The van der Waals surface area contributed by atoms with Crippen molar-refractivity contribution in [1.29, 1.82) is 0 Å². The van der Waals surface area contributed by atoms with Crippen molar-refractivity contribution in [1.82, 2.24) is 4.90 Å². The van der Waals surface area contributed by atoms with E-state index < -0.39 is 6.10 Å². The number of aliphatic imine (C=N–C) groups is 1. The highest BCUT2D eigenvalue weighted by Crippen LogP contribution is 2.32. The average molecular weight is 291 g/mol. The van der Waals surface area contributed by atoms with Gasteiger partial charge < -0.3 is 15.7 Å². The van der Waals surface area contributed by atoms with Gasteiger partial charge in [0.2, 0.25) is 0 Å². The minimum Gasteiger partial charge on any atom is -0.391 e. The van der Waals surface area contributed by atoms with Crippen LogP contribution >= 0.6 is 11.8 Å². The molecule has 1 fully saturated rings. The predicted molar refractivity (Wildman–Crippen MR) is 84.7 cm³/mol. The highest BCUT2D eigenvalue weighted by atomic mass is 32.2. The lowest BCUT2D eigenvalue weighted by atomic mass is 10.1. The summed E-state index contributed by atoms with van der Waals surface area (Å²) in [7, 11) is 0. The van der Waals surface area contributed by atoms with Crippen molar-refractivity contribution < 1.29 is 5.11 Å². The van der Waals surface area contributed by atoms with Gasteiger partial charge in [0.1, 0.15) is 5.84 Å². The van der Waals surface area contributed by atoms with Gasteiger partial charge in [0.05, 0.1) is 17.8 Å². The van der Waals surface area contributed by atoms with Crippen molar-refractivity contribution in [2.45, 2.75) is 25.5 Å². The van der Waals surface area contributed by atoms with E-state index in [0.717, 1.165) is 35.7 Å². The number of amidine groups is 1. The van der Waals surface area contributed by atoms with Crippen LogP contribution in [0.4, 0.5) is 5.69 Å². The lowest BCUT2D eigenvalue weighted by Crippen LogP contribution is -2.36. The molecular formula is C15H21N3OS. The molecule has 0 spiro atoms. The molecule has 1 aromatic carbocycles. The van der Waals surface area contributed by atoms with Gasteiger partial charge in [0, 0.05) is 31.0 Å². The molecule has 2 aliphatic rings. The fraction of sp³-hybridized carbons (Fsp3) is 0.533. The number of nitrogens with two attached hydrogens (primary N) is 1. The standard InChI is InChI=1S/C15H21N3OS/c1-10(18-4-6-20-7-5-18)17-12-3-2-11-8-14(19)15(16)13(11)9-12/h2-3,9,14-15,19H,4-8,16H2,1H3/t14-,15-/m1/s1. The molecule has 2 atom stereocenters. The number of thioether (sulfide) groups is 1. The zero-order chi connectivity index (χ0) is 14.1. The SMILES string of the molecule is CC(=Nc1ccc2c(c1)[C@@H](N)[C@H](O)C2)N1CCSCC1. The predicted octanol–water partition coefficient (Wildman–Crippen LogP) is 1.70. The van der Waals surface area contributed by atoms with E-state index in [9.17, 15) is 5.11 Å². The summed E-state index contributed by atoms with van der Waals surface area (Å²) in [6.45, 7) is 4.21. The Hall–Kier alpha value is -1.04. The Morgan fingerprint density at radius 1 is 1.40 bits per heavy atom. The summed E-state index contributed by atoms with van der Waals surface area (Å²) in [5.41, 5.74) is 9.15. The normalized spacial score (nSPS) is 26.8. The lowest BCUT2D eigenvalue weighted by Gasteiger charge is -2.27. The van der Waals surface area contributed by atoms with E-state index in [1.54, 1.807) is 0 Å². The van der Waals surface area contributed by atoms with Crippen LogP contribution in [0.15, 0.2) is 23.2 Å². The minimum atomic E-state index is -0.454. The second-order valence-electron chi connectivity index (χ2n) is 5.44. The first-order valence-corrected chi connectivity index (χ1v) is 8.25. The minimum absolute atomic E-state index is 0.271. The molecule has 20 heavy (non-hydrogen) atoms. The number of hydrogen-bond donors (Lipinski definition) is 2. The quantitative estimate of drug-likeness (QED) is 0.611. The molecule has 1 aromatic rings. The number of aliphatic hydroxyl groups is 1. The summed E-state index contributed by atoms with van der Waals surface area (Å²) in [5.74, 6) is 3.42. The van der Waals surface area contributed by atoms with E-state index in [4.69, 9.17) is 10.7 Å². The zero-order valence-electron chi connectivity index (χ0n) is 11.7. The van der Waals surface area contributed by atoms with Gasteiger partial charge in [-0.15, -0.1) is 0 Å². The van der Waals surface area contributed by atoms with Crippen molar-refractivity contribution in [3.05, 3.63) is 29.3 Å². The van der Waals surface area contributed by atoms with Crippen molar-refractivity contribution >= 4 is 23.3 Å². The molecule has 0 bridgehead atoms. The van der Waals surface area contributed by atoms with E-state index in [2.05, 4.69) is 11.8 Å². The topological polar surface area (TPSA) is 61.9 Å². The zero-order valence-corrected chi connectivity index (χ0v) is 12.6. The molecule has 0 unspecified atom stereocenters. The first-order valence-electron chi connectivity index (χ1n) is 7.09. The third-order valence-electron chi connectivity index (χ3n) is 4.09. The molecule has 108 valence electrons. The summed E-state index contributed by atoms with van der Waals surface area (Å²) in [6.07, 6.45) is 0.201. The number of nitrogens with zero attached hydrogens (tertiary/aromatic N) is 2. The third kappa shape index (κ3) is 2.71. The second-order valence-corrected chi connectivity index (χ2v) is 6.66. The van der Waals surface area contributed by atoms with Crippen LogP contribution in [0, 0.1) is 0 Å². The Kier molecular flexibility index (Phi) is 4.01. The Morgan fingerprint density at radius 2 is 2.15 bits per heavy atom. The smallest absolute Gasteiger partial charge is 0.102 e. The second kappa shape index (κ2) is 5.76. The summed E-state index contributed by atoms with van der Waals surface area (Å²) >= 11 is 2.00. The van der Waals surface area contributed by atoms with Gasteiger partial charge in [-0.1, -0.05) is 6.07 Å². The van der Waals surface area contributed by atoms with Crippen LogP contribution in [0.1, 0.15) is 24.1 Å². The van der Waals surface area contributed by atoms with Gasteiger partial charge in [0.25, 0.3) is 0 Å². The molecule has 1 heterocycles. The Labute approximate surface area is 124 Å². The van der Waals surface area contributed by atoms with Gasteiger partial charge in [-0.25, -0.2) is 4.99 Å². The van der Waals surface area contributed by atoms with E-state index in [1.807, 2.05) is 30.0 Å². The monoisotopic (exact) mass is 291 g/mol. The third-order valence-corrected chi connectivity index (χ3v) is 5.03. The van der Waals surface area contributed by atoms with Crippen LogP contribution < -0.4 is 5.73 Å². The molecule has 4 nitrogen and oxygen atoms in total. The molecule has 3 rings (SSSR count). The van der Waals surface area contributed by atoms with Gasteiger partial charge in [0.15, 0.2) is 0 Å². The molecule has 0 amide bonds. The first-order chi connectivity index (χ1) is 9.65. The van der Waals surface area contributed by atoms with Gasteiger partial charge >= 0.3 is 0 Å². The Morgan fingerprint density at radius 3 is 2.90 bits per heavy atom. The van der Waals surface area contributed by atoms with E-state index in [1.165, 1.54) is 11.5 Å². The number of benzene rings is 1. The van der Waals surface area contributed by atoms with Crippen molar-refractivity contribution in [2.24, 2.45) is 10.7 Å². The summed E-state index contributed by atoms with van der Waals surface area (Å²) in [4.78, 5) is 7.05. The Bertz CT molecular complexity index is 526. The summed E-state index contributed by atoms with van der Waals surface area (Å²) in [5, 5.41) is 9.82. The maximum absolute atomic E-state index is 9.82. The van der Waals surface area contributed by atoms with Crippen molar-refractivity contribution in [3.63, 3.8) is 0 Å². The van der Waals surface area contributed by atoms with Gasteiger partial charge in [-0.05, 0) is 30.2 Å². The van der Waals surface area contributed by atoms with Gasteiger partial charge in [-0.2, -0.15) is 11.8 Å². The maximum Gasteiger partial charge on any atom is 0.102 e. The summed E-state index contributed by atoms with van der Waals surface area (Å²) in [6, 6.07) is 5.82. The number of fused-ring (bicyclic) bond motifs is 1. The number of rotatable bonds is 1. The fourth-order valence-electron chi connectivity index (χ4n) is 2.85. The molecule has 1 aliphatic heterocycles. The maximum atomic E-state index is 9.82. The molecule has 5 heteroatoms. The largest absolute Gasteiger partial charge is 0.391 e. The first kappa shape index (κ1) is 13.9. The summed E-state index contributed by atoms with van der Waals surface area (Å²) < 4.78 is 0. The van der Waals surface area contributed by atoms with E-state index in [-0.39, 0.29) is 6.04 Å². The fourth-order valence-corrected chi connectivity index (χ4v) is 3.76. The molecule has 0 radical (unpaired) electrons.